The Bertz CT molecular complexity index is 1160. The Kier molecular flexibility index (Phi) is 6.64. The van der Waals surface area contributed by atoms with Crippen LogP contribution in [0.3, 0.4) is 0 Å². The van der Waals surface area contributed by atoms with Gasteiger partial charge >= 0.3 is 0 Å². The summed E-state index contributed by atoms with van der Waals surface area (Å²) in [6.07, 6.45) is 1.14. The highest BCUT2D eigenvalue weighted by atomic mass is 32.1. The summed E-state index contributed by atoms with van der Waals surface area (Å²) in [6, 6.07) is 7.78. The smallest absolute Gasteiger partial charge is 0.285 e. The standard InChI is InChI=1S/C20H19FN6O2S/c1-3-14-15(9-22)20(29)27(26-16(14)4-2)11-17-24-25-19(30-17)18(28)23-10-12-5-7-13(21)8-6-12/h5-8H,3-4,10-11H2,1-2H3,(H,23,28). The molecule has 0 unspecified atom stereocenters. The number of hydrogen-bond donors (Lipinski definition) is 1. The van der Waals surface area contributed by atoms with Crippen molar-refractivity contribution in [1.29, 1.82) is 5.26 Å². The fraction of sp³-hybridized carbons (Fsp3) is 0.300. The number of carbonyl (C=O) groups excluding carboxylic acids is 1. The number of nitrogens with zero attached hydrogens (tertiary/aromatic N) is 5. The van der Waals surface area contributed by atoms with Gasteiger partial charge in [-0.25, -0.2) is 9.07 Å². The Balaban J connectivity index is 1.75. The van der Waals surface area contributed by atoms with E-state index >= 15 is 0 Å². The van der Waals surface area contributed by atoms with Crippen LogP contribution in [0.15, 0.2) is 29.1 Å². The Morgan fingerprint density at radius 1 is 1.23 bits per heavy atom. The van der Waals surface area contributed by atoms with Crippen molar-refractivity contribution in [3.05, 3.63) is 72.8 Å². The van der Waals surface area contributed by atoms with Crippen LogP contribution in [-0.2, 0) is 25.9 Å². The topological polar surface area (TPSA) is 114 Å². The van der Waals surface area contributed by atoms with Crippen LogP contribution in [0.25, 0.3) is 0 Å². The van der Waals surface area contributed by atoms with E-state index in [9.17, 15) is 19.2 Å². The molecule has 0 spiro atoms. The zero-order valence-electron chi connectivity index (χ0n) is 16.5. The van der Waals surface area contributed by atoms with E-state index in [1.807, 2.05) is 19.9 Å². The minimum Gasteiger partial charge on any atom is -0.346 e. The Hall–Kier alpha value is -3.45. The summed E-state index contributed by atoms with van der Waals surface area (Å²) in [6.45, 7) is 4.03. The Labute approximate surface area is 176 Å². The minimum absolute atomic E-state index is 0.0212. The number of carbonyl (C=O) groups is 1. The molecule has 1 amide bonds. The van der Waals surface area contributed by atoms with Crippen molar-refractivity contribution >= 4 is 17.2 Å². The first-order valence-corrected chi connectivity index (χ1v) is 10.2. The molecule has 0 saturated carbocycles. The van der Waals surface area contributed by atoms with Gasteiger partial charge in [0.1, 0.15) is 22.5 Å². The van der Waals surface area contributed by atoms with Crippen molar-refractivity contribution in [2.24, 2.45) is 0 Å². The van der Waals surface area contributed by atoms with Crippen LogP contribution in [0.4, 0.5) is 4.39 Å². The SMILES string of the molecule is CCc1nn(Cc2nnc(C(=O)NCc3ccc(F)cc3)s2)c(=O)c(C#N)c1CC. The molecule has 0 aliphatic rings. The summed E-state index contributed by atoms with van der Waals surface area (Å²) >= 11 is 1.04. The van der Waals surface area contributed by atoms with Crippen molar-refractivity contribution in [3.63, 3.8) is 0 Å². The minimum atomic E-state index is -0.482. The van der Waals surface area contributed by atoms with Crippen molar-refractivity contribution in [2.45, 2.75) is 39.8 Å². The fourth-order valence-corrected chi connectivity index (χ4v) is 3.68. The van der Waals surface area contributed by atoms with Crippen LogP contribution < -0.4 is 10.9 Å². The second kappa shape index (κ2) is 9.37. The maximum atomic E-state index is 12.9. The molecule has 8 nitrogen and oxygen atoms in total. The second-order valence-corrected chi connectivity index (χ2v) is 7.45. The first kappa shape index (κ1) is 21.3. The molecule has 0 fully saturated rings. The van der Waals surface area contributed by atoms with Crippen molar-refractivity contribution in [1.82, 2.24) is 25.3 Å². The molecule has 0 bridgehead atoms. The van der Waals surface area contributed by atoms with Gasteiger partial charge in [0.2, 0.25) is 5.01 Å². The second-order valence-electron chi connectivity index (χ2n) is 6.39. The lowest BCUT2D eigenvalue weighted by Gasteiger charge is -2.10. The van der Waals surface area contributed by atoms with Gasteiger partial charge in [-0.15, -0.1) is 10.2 Å². The third-order valence-corrected chi connectivity index (χ3v) is 5.36. The van der Waals surface area contributed by atoms with Gasteiger partial charge < -0.3 is 5.32 Å². The van der Waals surface area contributed by atoms with E-state index in [0.29, 0.717) is 29.1 Å². The normalized spacial score (nSPS) is 10.6. The number of hydrogen-bond acceptors (Lipinski definition) is 7. The van der Waals surface area contributed by atoms with Gasteiger partial charge in [-0.3, -0.25) is 9.59 Å². The largest absolute Gasteiger partial charge is 0.346 e. The van der Waals surface area contributed by atoms with E-state index in [2.05, 4.69) is 20.6 Å². The molecule has 154 valence electrons. The number of nitrogens with one attached hydrogen (secondary N) is 1. The van der Waals surface area contributed by atoms with E-state index in [1.165, 1.54) is 16.8 Å². The summed E-state index contributed by atoms with van der Waals surface area (Å²) in [7, 11) is 0. The Morgan fingerprint density at radius 3 is 2.60 bits per heavy atom. The predicted octanol–water partition coefficient (Wildman–Crippen LogP) is 2.21. The molecule has 2 heterocycles. The fourth-order valence-electron chi connectivity index (χ4n) is 2.94. The van der Waals surface area contributed by atoms with Crippen LogP contribution in [-0.4, -0.2) is 25.9 Å². The summed E-state index contributed by atoms with van der Waals surface area (Å²) < 4.78 is 14.1. The van der Waals surface area contributed by atoms with Gasteiger partial charge in [-0.1, -0.05) is 37.3 Å². The van der Waals surface area contributed by atoms with Gasteiger partial charge in [-0.05, 0) is 36.1 Å². The summed E-state index contributed by atoms with van der Waals surface area (Å²) in [5.41, 5.74) is 1.71. The molecule has 0 aliphatic heterocycles. The number of halogens is 1. The number of aromatic nitrogens is 4. The van der Waals surface area contributed by atoms with Gasteiger partial charge in [0.05, 0.1) is 12.2 Å². The number of aryl methyl sites for hydroxylation is 1. The zero-order valence-corrected chi connectivity index (χ0v) is 17.3. The maximum absolute atomic E-state index is 12.9. The number of benzene rings is 1. The lowest BCUT2D eigenvalue weighted by Crippen LogP contribution is -2.29. The van der Waals surface area contributed by atoms with Crippen LogP contribution in [0, 0.1) is 17.1 Å². The third-order valence-electron chi connectivity index (χ3n) is 4.45. The third kappa shape index (κ3) is 4.58. The molecule has 10 heteroatoms. The van der Waals surface area contributed by atoms with E-state index in [4.69, 9.17) is 0 Å². The maximum Gasteiger partial charge on any atom is 0.285 e. The molecule has 3 rings (SSSR count). The number of rotatable bonds is 7. The van der Waals surface area contributed by atoms with E-state index < -0.39 is 11.5 Å². The van der Waals surface area contributed by atoms with E-state index in [-0.39, 0.29) is 29.5 Å². The first-order valence-electron chi connectivity index (χ1n) is 9.34. The molecule has 0 saturated heterocycles. The average molecular weight is 426 g/mol. The summed E-state index contributed by atoms with van der Waals surface area (Å²) in [4.78, 5) is 24.9. The van der Waals surface area contributed by atoms with Crippen LogP contribution in [0.2, 0.25) is 0 Å². The highest BCUT2D eigenvalue weighted by Crippen LogP contribution is 2.14. The van der Waals surface area contributed by atoms with E-state index in [0.717, 1.165) is 16.9 Å². The molecule has 3 aromatic rings. The zero-order chi connectivity index (χ0) is 21.7. The average Bonchev–Trinajstić information content (AvgIpc) is 3.22. The molecule has 1 N–H and O–H groups in total. The van der Waals surface area contributed by atoms with E-state index in [1.54, 1.807) is 12.1 Å². The molecule has 2 aromatic heterocycles. The number of amides is 1. The van der Waals surface area contributed by atoms with Gasteiger partial charge in [-0.2, -0.15) is 10.4 Å². The lowest BCUT2D eigenvalue weighted by atomic mass is 10.0. The quantitative estimate of drug-likeness (QED) is 0.620. The number of nitriles is 1. The van der Waals surface area contributed by atoms with Crippen LogP contribution in [0.1, 0.15) is 51.0 Å². The lowest BCUT2D eigenvalue weighted by molar-refractivity contribution is 0.0950. The van der Waals surface area contributed by atoms with Crippen molar-refractivity contribution < 1.29 is 9.18 Å². The molecular formula is C20H19FN6O2S. The highest BCUT2D eigenvalue weighted by Gasteiger charge is 2.18. The van der Waals surface area contributed by atoms with Gasteiger partial charge in [0, 0.05) is 6.54 Å². The molecular weight excluding hydrogens is 407 g/mol. The highest BCUT2D eigenvalue weighted by molar-refractivity contribution is 7.13. The van der Waals surface area contributed by atoms with Crippen molar-refractivity contribution in [3.8, 4) is 6.07 Å². The molecule has 1 aromatic carbocycles. The van der Waals surface area contributed by atoms with Crippen molar-refractivity contribution in [2.75, 3.05) is 0 Å². The molecule has 30 heavy (non-hydrogen) atoms. The monoisotopic (exact) mass is 426 g/mol. The van der Waals surface area contributed by atoms with Crippen LogP contribution >= 0.6 is 11.3 Å². The van der Waals surface area contributed by atoms with Gasteiger partial charge in [0.15, 0.2) is 0 Å². The van der Waals surface area contributed by atoms with Crippen LogP contribution in [0.5, 0.6) is 0 Å². The summed E-state index contributed by atoms with van der Waals surface area (Å²) in [5, 5.41) is 24.9. The molecule has 0 radical (unpaired) electrons. The molecule has 0 atom stereocenters. The summed E-state index contributed by atoms with van der Waals surface area (Å²) in [5.74, 6) is -0.767. The van der Waals surface area contributed by atoms with Gasteiger partial charge in [0.25, 0.3) is 11.5 Å². The Morgan fingerprint density at radius 2 is 1.97 bits per heavy atom. The molecule has 0 aliphatic carbocycles. The first-order chi connectivity index (χ1) is 14.5. The predicted molar refractivity (Wildman–Crippen MR) is 109 cm³/mol.